The molecule has 0 atom stereocenters. The number of carbonyl (C=O) groups is 1. The number of nitrogens with zero attached hydrogens (tertiary/aromatic N) is 3. The van der Waals surface area contributed by atoms with Gasteiger partial charge in [0.2, 0.25) is 0 Å². The van der Waals surface area contributed by atoms with E-state index in [4.69, 9.17) is 20.9 Å². The highest BCUT2D eigenvalue weighted by molar-refractivity contribution is 6.30. The molecule has 7 nitrogen and oxygen atoms in total. The Balaban J connectivity index is 1.75. The number of aryl methyl sites for hydroxylation is 3. The van der Waals surface area contributed by atoms with Crippen LogP contribution < -0.4 is 10.1 Å². The molecular weight excluding hydrogens is 368 g/mol. The molecule has 3 aromatic rings. The maximum Gasteiger partial charge on any atom is 0.279 e. The molecule has 0 saturated carbocycles. The van der Waals surface area contributed by atoms with Crippen molar-refractivity contribution in [2.75, 3.05) is 5.32 Å². The molecule has 0 aliphatic heterocycles. The second-order valence-corrected chi connectivity index (χ2v) is 6.59. The molecule has 0 spiro atoms. The maximum atomic E-state index is 12.7. The summed E-state index contributed by atoms with van der Waals surface area (Å²) in [6.45, 7) is 6.56. The minimum Gasteiger partial charge on any atom is -0.489 e. The van der Waals surface area contributed by atoms with Crippen LogP contribution in [-0.2, 0) is 13.2 Å². The van der Waals surface area contributed by atoms with Crippen molar-refractivity contribution in [3.63, 3.8) is 0 Å². The summed E-state index contributed by atoms with van der Waals surface area (Å²) in [5.74, 6) is 1.44. The standard InChI is InChI=1S/C19H21ClN4O3/c1-4-9-24-17(10-12(2)22-24)21-19(25)18-16(13(3)27-23-18)11-26-15-7-5-14(20)6-8-15/h5-8,10H,4,9,11H2,1-3H3,(H,21,25). The van der Waals surface area contributed by atoms with Crippen LogP contribution in [0.3, 0.4) is 0 Å². The Labute approximate surface area is 162 Å². The van der Waals surface area contributed by atoms with Gasteiger partial charge in [-0.25, -0.2) is 4.68 Å². The molecule has 2 heterocycles. The summed E-state index contributed by atoms with van der Waals surface area (Å²) in [4.78, 5) is 12.7. The smallest absolute Gasteiger partial charge is 0.279 e. The fraction of sp³-hybridized carbons (Fsp3) is 0.316. The van der Waals surface area contributed by atoms with Crippen molar-refractivity contribution in [3.05, 3.63) is 58.1 Å². The van der Waals surface area contributed by atoms with Gasteiger partial charge in [0.1, 0.15) is 23.9 Å². The molecule has 142 valence electrons. The monoisotopic (exact) mass is 388 g/mol. The second-order valence-electron chi connectivity index (χ2n) is 6.16. The van der Waals surface area contributed by atoms with Crippen LogP contribution in [0.4, 0.5) is 5.82 Å². The van der Waals surface area contributed by atoms with Gasteiger partial charge < -0.3 is 14.6 Å². The van der Waals surface area contributed by atoms with Crippen LogP contribution in [0.25, 0.3) is 0 Å². The number of amides is 1. The highest BCUT2D eigenvalue weighted by atomic mass is 35.5. The van der Waals surface area contributed by atoms with Gasteiger partial charge in [-0.2, -0.15) is 5.10 Å². The van der Waals surface area contributed by atoms with Gasteiger partial charge in [0, 0.05) is 17.6 Å². The van der Waals surface area contributed by atoms with E-state index in [1.165, 1.54) is 0 Å². The summed E-state index contributed by atoms with van der Waals surface area (Å²) in [6, 6.07) is 8.82. The first-order chi connectivity index (χ1) is 13.0. The molecule has 1 amide bonds. The van der Waals surface area contributed by atoms with Crippen molar-refractivity contribution in [1.82, 2.24) is 14.9 Å². The van der Waals surface area contributed by atoms with Crippen molar-refractivity contribution >= 4 is 23.3 Å². The molecule has 0 unspecified atom stereocenters. The number of hydrogen-bond donors (Lipinski definition) is 1. The lowest BCUT2D eigenvalue weighted by molar-refractivity contribution is 0.101. The third kappa shape index (κ3) is 4.49. The van der Waals surface area contributed by atoms with E-state index < -0.39 is 0 Å². The maximum absolute atomic E-state index is 12.7. The fourth-order valence-corrected chi connectivity index (χ4v) is 2.76. The molecule has 0 fully saturated rings. The van der Waals surface area contributed by atoms with Crippen LogP contribution in [0.1, 0.15) is 40.9 Å². The van der Waals surface area contributed by atoms with E-state index >= 15 is 0 Å². The summed E-state index contributed by atoms with van der Waals surface area (Å²) < 4.78 is 12.7. The number of hydrogen-bond acceptors (Lipinski definition) is 5. The molecule has 27 heavy (non-hydrogen) atoms. The van der Waals surface area contributed by atoms with Gasteiger partial charge in [-0.1, -0.05) is 23.7 Å². The minimum absolute atomic E-state index is 0.160. The van der Waals surface area contributed by atoms with Crippen molar-refractivity contribution in [3.8, 4) is 5.75 Å². The highest BCUT2D eigenvalue weighted by Crippen LogP contribution is 2.21. The predicted octanol–water partition coefficient (Wildman–Crippen LogP) is 4.38. The molecule has 1 aromatic carbocycles. The Morgan fingerprint density at radius 3 is 2.74 bits per heavy atom. The number of aromatic nitrogens is 3. The molecule has 0 aliphatic rings. The molecule has 0 saturated heterocycles. The predicted molar refractivity (Wildman–Crippen MR) is 102 cm³/mol. The Morgan fingerprint density at radius 1 is 1.30 bits per heavy atom. The van der Waals surface area contributed by atoms with Crippen molar-refractivity contribution in [1.29, 1.82) is 0 Å². The van der Waals surface area contributed by atoms with E-state index in [0.717, 1.165) is 12.1 Å². The highest BCUT2D eigenvalue weighted by Gasteiger charge is 2.22. The van der Waals surface area contributed by atoms with E-state index in [1.54, 1.807) is 35.9 Å². The van der Waals surface area contributed by atoms with Crippen LogP contribution in [0.5, 0.6) is 5.75 Å². The molecular formula is C19H21ClN4O3. The first-order valence-electron chi connectivity index (χ1n) is 8.67. The zero-order valence-corrected chi connectivity index (χ0v) is 16.2. The Morgan fingerprint density at radius 2 is 2.04 bits per heavy atom. The molecule has 0 radical (unpaired) electrons. The number of anilines is 1. The SMILES string of the molecule is CCCn1nc(C)cc1NC(=O)c1noc(C)c1COc1ccc(Cl)cc1. The minimum atomic E-state index is -0.362. The lowest BCUT2D eigenvalue weighted by Gasteiger charge is -2.09. The average molecular weight is 389 g/mol. The first kappa shape index (κ1) is 19.0. The lowest BCUT2D eigenvalue weighted by atomic mass is 10.2. The first-order valence-corrected chi connectivity index (χ1v) is 9.05. The second kappa shape index (κ2) is 8.26. The van der Waals surface area contributed by atoms with Gasteiger partial charge in [-0.05, 0) is 44.5 Å². The van der Waals surface area contributed by atoms with E-state index in [1.807, 2.05) is 13.0 Å². The molecule has 3 rings (SSSR count). The van der Waals surface area contributed by atoms with Gasteiger partial charge in [-0.3, -0.25) is 4.79 Å². The summed E-state index contributed by atoms with van der Waals surface area (Å²) in [6.07, 6.45) is 0.910. The summed E-state index contributed by atoms with van der Waals surface area (Å²) in [5, 5.41) is 11.8. The summed E-state index contributed by atoms with van der Waals surface area (Å²) in [7, 11) is 0. The van der Waals surface area contributed by atoms with Gasteiger partial charge in [0.05, 0.1) is 11.3 Å². The van der Waals surface area contributed by atoms with Crippen LogP contribution in [0.2, 0.25) is 5.02 Å². The van der Waals surface area contributed by atoms with Gasteiger partial charge in [-0.15, -0.1) is 0 Å². The van der Waals surface area contributed by atoms with Crippen LogP contribution in [-0.4, -0.2) is 20.8 Å². The fourth-order valence-electron chi connectivity index (χ4n) is 2.63. The van der Waals surface area contributed by atoms with Crippen LogP contribution >= 0.6 is 11.6 Å². The molecule has 0 bridgehead atoms. The topological polar surface area (TPSA) is 82.2 Å². The number of ether oxygens (including phenoxy) is 1. The van der Waals surface area contributed by atoms with Gasteiger partial charge >= 0.3 is 0 Å². The number of carbonyl (C=O) groups excluding carboxylic acids is 1. The number of benzene rings is 1. The van der Waals surface area contributed by atoms with E-state index in [9.17, 15) is 4.79 Å². The molecule has 2 aromatic heterocycles. The zero-order valence-electron chi connectivity index (χ0n) is 15.5. The Bertz CT molecular complexity index is 931. The number of rotatable bonds is 7. The van der Waals surface area contributed by atoms with Crippen molar-refractivity contribution < 1.29 is 14.1 Å². The lowest BCUT2D eigenvalue weighted by Crippen LogP contribution is -2.18. The van der Waals surface area contributed by atoms with Gasteiger partial charge in [0.25, 0.3) is 5.91 Å². The molecule has 8 heteroatoms. The zero-order chi connectivity index (χ0) is 19.4. The van der Waals surface area contributed by atoms with Crippen LogP contribution in [0, 0.1) is 13.8 Å². The van der Waals surface area contributed by atoms with E-state index in [0.29, 0.717) is 34.5 Å². The van der Waals surface area contributed by atoms with E-state index in [-0.39, 0.29) is 18.2 Å². The molecule has 1 N–H and O–H groups in total. The largest absolute Gasteiger partial charge is 0.489 e. The van der Waals surface area contributed by atoms with E-state index in [2.05, 4.69) is 22.5 Å². The number of halogens is 1. The van der Waals surface area contributed by atoms with Crippen molar-refractivity contribution in [2.45, 2.75) is 40.3 Å². The Hall–Kier alpha value is -2.80. The summed E-state index contributed by atoms with van der Waals surface area (Å²) in [5.41, 5.74) is 1.63. The normalized spacial score (nSPS) is 10.8. The Kier molecular flexibility index (Phi) is 5.81. The average Bonchev–Trinajstić information content (AvgIpc) is 3.17. The van der Waals surface area contributed by atoms with Gasteiger partial charge in [0.15, 0.2) is 5.69 Å². The van der Waals surface area contributed by atoms with Crippen molar-refractivity contribution in [2.24, 2.45) is 0 Å². The van der Waals surface area contributed by atoms with Crippen LogP contribution in [0.15, 0.2) is 34.9 Å². The summed E-state index contributed by atoms with van der Waals surface area (Å²) >= 11 is 5.88. The molecule has 0 aliphatic carbocycles. The number of nitrogens with one attached hydrogen (secondary N) is 1. The third-order valence-electron chi connectivity index (χ3n) is 3.98. The quantitative estimate of drug-likeness (QED) is 0.649. The third-order valence-corrected chi connectivity index (χ3v) is 4.23.